The molecule has 1 rings (SSSR count). The number of hydrogen-bond acceptors (Lipinski definition) is 0. The van der Waals surface area contributed by atoms with Crippen molar-refractivity contribution in [3.8, 4) is 0 Å². The van der Waals surface area contributed by atoms with E-state index in [-0.39, 0.29) is 0 Å². The van der Waals surface area contributed by atoms with Gasteiger partial charge >= 0.3 is 0 Å². The van der Waals surface area contributed by atoms with E-state index in [1.165, 1.54) is 31.3 Å². The summed E-state index contributed by atoms with van der Waals surface area (Å²) in [5.41, 5.74) is 1.48. The molecule has 1 fully saturated rings. The molecule has 0 heterocycles. The van der Waals surface area contributed by atoms with E-state index >= 15 is 0 Å². The van der Waals surface area contributed by atoms with Gasteiger partial charge in [-0.05, 0) is 43.4 Å². The molecule has 12 heavy (non-hydrogen) atoms. The zero-order valence-electron chi connectivity index (χ0n) is 8.69. The molecule has 0 saturated heterocycles. The first-order valence-corrected chi connectivity index (χ1v) is 5.15. The van der Waals surface area contributed by atoms with E-state index in [4.69, 9.17) is 0 Å². The van der Waals surface area contributed by atoms with Crippen LogP contribution in [0.4, 0.5) is 0 Å². The standard InChI is InChI=1S/C12H21/c1-5-10(3)12-7-6-9(2)8-11(12)4/h9,12H,4-8H2,1-3H3/t9-,12?/m0/s1. The predicted molar refractivity (Wildman–Crippen MR) is 54.9 cm³/mol. The maximum Gasteiger partial charge on any atom is -0.0146 e. The molecule has 0 aromatic carbocycles. The summed E-state index contributed by atoms with van der Waals surface area (Å²) in [5.74, 6) is 3.25. The highest BCUT2D eigenvalue weighted by Gasteiger charge is 2.25. The number of allylic oxidation sites excluding steroid dienone is 1. The first kappa shape index (κ1) is 9.83. The molecule has 0 aromatic rings. The first-order valence-electron chi connectivity index (χ1n) is 5.15. The van der Waals surface area contributed by atoms with Crippen LogP contribution < -0.4 is 0 Å². The first-order chi connectivity index (χ1) is 5.65. The summed E-state index contributed by atoms with van der Waals surface area (Å²) in [6, 6.07) is 0. The second-order valence-electron chi connectivity index (χ2n) is 4.30. The lowest BCUT2D eigenvalue weighted by Gasteiger charge is -2.32. The summed E-state index contributed by atoms with van der Waals surface area (Å²) < 4.78 is 0. The van der Waals surface area contributed by atoms with E-state index in [2.05, 4.69) is 27.4 Å². The third kappa shape index (κ3) is 2.12. The minimum atomic E-state index is 0.742. The molecule has 0 aromatic heterocycles. The Morgan fingerprint density at radius 1 is 1.50 bits per heavy atom. The van der Waals surface area contributed by atoms with Gasteiger partial charge in [0.1, 0.15) is 0 Å². The Kier molecular flexibility index (Phi) is 3.37. The molecule has 0 heteroatoms. The molecule has 0 bridgehead atoms. The van der Waals surface area contributed by atoms with Crippen LogP contribution in [0.15, 0.2) is 12.2 Å². The van der Waals surface area contributed by atoms with Gasteiger partial charge in [0.25, 0.3) is 0 Å². The lowest BCUT2D eigenvalue weighted by Crippen LogP contribution is -2.19. The summed E-state index contributed by atoms with van der Waals surface area (Å²) in [4.78, 5) is 0. The molecule has 1 aliphatic carbocycles. The highest BCUT2D eigenvalue weighted by molar-refractivity contribution is 5.14. The van der Waals surface area contributed by atoms with Crippen LogP contribution in [0.1, 0.15) is 46.5 Å². The second-order valence-corrected chi connectivity index (χ2v) is 4.30. The van der Waals surface area contributed by atoms with Gasteiger partial charge in [0.05, 0.1) is 0 Å². The second kappa shape index (κ2) is 4.11. The van der Waals surface area contributed by atoms with Crippen molar-refractivity contribution in [2.75, 3.05) is 0 Å². The van der Waals surface area contributed by atoms with Crippen molar-refractivity contribution < 1.29 is 0 Å². The van der Waals surface area contributed by atoms with Crippen LogP contribution in [-0.4, -0.2) is 0 Å². The smallest absolute Gasteiger partial charge is 0.0146 e. The molecule has 1 saturated carbocycles. The molecule has 1 radical (unpaired) electrons. The molecule has 0 aliphatic heterocycles. The number of hydrogen-bond donors (Lipinski definition) is 0. The highest BCUT2D eigenvalue weighted by Crippen LogP contribution is 2.38. The fraction of sp³-hybridized carbons (Fsp3) is 0.750. The van der Waals surface area contributed by atoms with Gasteiger partial charge in [0, 0.05) is 0 Å². The van der Waals surface area contributed by atoms with Crippen LogP contribution in [0.5, 0.6) is 0 Å². The van der Waals surface area contributed by atoms with Crippen molar-refractivity contribution in [3.05, 3.63) is 18.1 Å². The van der Waals surface area contributed by atoms with E-state index in [0.717, 1.165) is 11.8 Å². The Labute approximate surface area is 77.1 Å². The van der Waals surface area contributed by atoms with Crippen molar-refractivity contribution in [2.24, 2.45) is 11.8 Å². The van der Waals surface area contributed by atoms with Gasteiger partial charge in [0.15, 0.2) is 0 Å². The van der Waals surface area contributed by atoms with Gasteiger partial charge < -0.3 is 0 Å². The zero-order chi connectivity index (χ0) is 9.14. The average Bonchev–Trinajstić information content (AvgIpc) is 2.03. The topological polar surface area (TPSA) is 0 Å². The molecule has 69 valence electrons. The summed E-state index contributed by atoms with van der Waals surface area (Å²) in [7, 11) is 0. The van der Waals surface area contributed by atoms with Gasteiger partial charge in [-0.25, -0.2) is 0 Å². The molecular formula is C12H21. The predicted octanol–water partition coefficient (Wildman–Crippen LogP) is 3.98. The highest BCUT2D eigenvalue weighted by atomic mass is 14.3. The van der Waals surface area contributed by atoms with Gasteiger partial charge in [0.2, 0.25) is 0 Å². The fourth-order valence-corrected chi connectivity index (χ4v) is 2.19. The molecule has 0 spiro atoms. The van der Waals surface area contributed by atoms with E-state index in [0.29, 0.717) is 0 Å². The molecule has 1 unspecified atom stereocenters. The maximum absolute atomic E-state index is 4.19. The Morgan fingerprint density at radius 2 is 2.17 bits per heavy atom. The third-order valence-electron chi connectivity index (χ3n) is 3.20. The van der Waals surface area contributed by atoms with Gasteiger partial charge in [-0.2, -0.15) is 0 Å². The largest absolute Gasteiger partial charge is 0.0996 e. The molecule has 1 aliphatic rings. The summed E-state index contributed by atoms with van der Waals surface area (Å²) >= 11 is 0. The lowest BCUT2D eigenvalue weighted by atomic mass is 9.73. The van der Waals surface area contributed by atoms with Crippen LogP contribution in [-0.2, 0) is 0 Å². The van der Waals surface area contributed by atoms with E-state index in [9.17, 15) is 0 Å². The van der Waals surface area contributed by atoms with Crippen LogP contribution in [0, 0.1) is 17.8 Å². The van der Waals surface area contributed by atoms with Crippen molar-refractivity contribution in [1.29, 1.82) is 0 Å². The Hall–Kier alpha value is -0.260. The van der Waals surface area contributed by atoms with Gasteiger partial charge in [-0.15, -0.1) is 0 Å². The molecule has 2 atom stereocenters. The van der Waals surface area contributed by atoms with E-state index in [1.807, 2.05) is 0 Å². The van der Waals surface area contributed by atoms with Crippen LogP contribution in [0.3, 0.4) is 0 Å². The SMILES string of the molecule is C=C1C[C@@H](C)CCC1[C](C)CC. The van der Waals surface area contributed by atoms with Gasteiger partial charge in [-0.1, -0.05) is 32.9 Å². The van der Waals surface area contributed by atoms with Gasteiger partial charge in [-0.3, -0.25) is 0 Å². The monoisotopic (exact) mass is 165 g/mol. The molecule has 0 nitrogen and oxygen atoms in total. The zero-order valence-corrected chi connectivity index (χ0v) is 8.69. The third-order valence-corrected chi connectivity index (χ3v) is 3.20. The van der Waals surface area contributed by atoms with Crippen LogP contribution in [0.25, 0.3) is 0 Å². The minimum Gasteiger partial charge on any atom is -0.0996 e. The lowest BCUT2D eigenvalue weighted by molar-refractivity contribution is 0.373. The number of rotatable bonds is 2. The summed E-state index contributed by atoms with van der Waals surface area (Å²) in [5, 5.41) is 0. The normalized spacial score (nSPS) is 31.2. The fourth-order valence-electron chi connectivity index (χ4n) is 2.19. The van der Waals surface area contributed by atoms with E-state index in [1.54, 1.807) is 5.92 Å². The molecular weight excluding hydrogens is 144 g/mol. The average molecular weight is 165 g/mol. The Bertz CT molecular complexity index is 157. The summed E-state index contributed by atoms with van der Waals surface area (Å²) in [6.45, 7) is 11.1. The van der Waals surface area contributed by atoms with Crippen molar-refractivity contribution in [1.82, 2.24) is 0 Å². The van der Waals surface area contributed by atoms with Crippen molar-refractivity contribution in [3.63, 3.8) is 0 Å². The van der Waals surface area contributed by atoms with Crippen LogP contribution in [0.2, 0.25) is 0 Å². The molecule has 0 amide bonds. The van der Waals surface area contributed by atoms with E-state index < -0.39 is 0 Å². The van der Waals surface area contributed by atoms with Crippen LogP contribution >= 0.6 is 0 Å². The maximum atomic E-state index is 4.19. The minimum absolute atomic E-state index is 0.742. The van der Waals surface area contributed by atoms with Crippen molar-refractivity contribution >= 4 is 0 Å². The van der Waals surface area contributed by atoms with Crippen molar-refractivity contribution in [2.45, 2.75) is 46.5 Å². The Balaban J connectivity index is 2.50. The quantitative estimate of drug-likeness (QED) is 0.543. The summed E-state index contributed by atoms with van der Waals surface area (Å²) in [6.07, 6.45) is 5.21. The Morgan fingerprint density at radius 3 is 2.67 bits per heavy atom. The molecule has 0 N–H and O–H groups in total.